The summed E-state index contributed by atoms with van der Waals surface area (Å²) in [6.07, 6.45) is 6.81. The van der Waals surface area contributed by atoms with Crippen LogP contribution < -0.4 is 10.1 Å². The Morgan fingerprint density at radius 1 is 1.09 bits per heavy atom. The lowest BCUT2D eigenvalue weighted by molar-refractivity contribution is 0.410. The lowest BCUT2D eigenvalue weighted by Gasteiger charge is -2.22. The van der Waals surface area contributed by atoms with Gasteiger partial charge in [0.15, 0.2) is 0 Å². The minimum Gasteiger partial charge on any atom is -0.496 e. The van der Waals surface area contributed by atoms with Crippen LogP contribution in [0.1, 0.15) is 53.5 Å². The predicted octanol–water partition coefficient (Wildman–Crippen LogP) is 3.77. The van der Waals surface area contributed by atoms with E-state index in [-0.39, 0.29) is 0 Å². The highest BCUT2D eigenvalue weighted by molar-refractivity contribution is 5.53. The van der Waals surface area contributed by atoms with Gasteiger partial charge in [-0.1, -0.05) is 12.1 Å². The highest BCUT2D eigenvalue weighted by Gasteiger charge is 2.27. The summed E-state index contributed by atoms with van der Waals surface area (Å²) in [7, 11) is 1.75. The largest absolute Gasteiger partial charge is 0.496 e. The van der Waals surface area contributed by atoms with Crippen molar-refractivity contribution in [1.29, 1.82) is 0 Å². The fraction of sp³-hybridized carbons (Fsp3) is 0.474. The minimum atomic E-state index is 0.320. The summed E-state index contributed by atoms with van der Waals surface area (Å²) >= 11 is 0. The molecule has 2 aromatic rings. The van der Waals surface area contributed by atoms with E-state index in [9.17, 15) is 0 Å². The van der Waals surface area contributed by atoms with Gasteiger partial charge in [0.25, 0.3) is 0 Å². The molecule has 4 nitrogen and oxygen atoms in total. The van der Waals surface area contributed by atoms with Crippen LogP contribution in [0.3, 0.4) is 0 Å². The summed E-state index contributed by atoms with van der Waals surface area (Å²) in [5, 5.41) is 3.71. The molecule has 4 rings (SSSR count). The molecule has 0 saturated carbocycles. The molecule has 0 amide bonds. The average molecular weight is 309 g/mol. The van der Waals surface area contributed by atoms with Crippen molar-refractivity contribution in [2.45, 2.75) is 51.5 Å². The van der Waals surface area contributed by atoms with E-state index in [2.05, 4.69) is 28.5 Å². The van der Waals surface area contributed by atoms with Gasteiger partial charge in [-0.3, -0.25) is 0 Å². The first-order valence-corrected chi connectivity index (χ1v) is 8.55. The van der Waals surface area contributed by atoms with Crippen molar-refractivity contribution < 1.29 is 4.74 Å². The predicted molar refractivity (Wildman–Crippen MR) is 91.1 cm³/mol. The van der Waals surface area contributed by atoms with Crippen LogP contribution in [0.15, 0.2) is 18.2 Å². The SMILES string of the molecule is COc1cccc2c1CCC2Nc1nc(C)nc2c1CCCC2. The molecule has 1 N–H and O–H groups in total. The third kappa shape index (κ3) is 2.56. The number of fused-ring (bicyclic) bond motifs is 2. The van der Waals surface area contributed by atoms with E-state index < -0.39 is 0 Å². The molecule has 0 spiro atoms. The van der Waals surface area contributed by atoms with E-state index in [4.69, 9.17) is 9.72 Å². The molecule has 23 heavy (non-hydrogen) atoms. The smallest absolute Gasteiger partial charge is 0.133 e. The number of nitrogens with one attached hydrogen (secondary N) is 1. The molecule has 0 aliphatic heterocycles. The Morgan fingerprint density at radius 3 is 2.83 bits per heavy atom. The van der Waals surface area contributed by atoms with Crippen molar-refractivity contribution in [2.24, 2.45) is 0 Å². The summed E-state index contributed by atoms with van der Waals surface area (Å²) < 4.78 is 5.51. The quantitative estimate of drug-likeness (QED) is 0.937. The monoisotopic (exact) mass is 309 g/mol. The van der Waals surface area contributed by atoms with E-state index in [1.54, 1.807) is 7.11 Å². The van der Waals surface area contributed by atoms with Crippen LogP contribution in [0, 0.1) is 6.92 Å². The Hall–Kier alpha value is -2.10. The molecule has 4 heteroatoms. The van der Waals surface area contributed by atoms with Crippen molar-refractivity contribution in [3.05, 3.63) is 46.4 Å². The highest BCUT2D eigenvalue weighted by atomic mass is 16.5. The molecular weight excluding hydrogens is 286 g/mol. The van der Waals surface area contributed by atoms with Crippen LogP contribution in [-0.2, 0) is 19.3 Å². The van der Waals surface area contributed by atoms with Gasteiger partial charge < -0.3 is 10.1 Å². The van der Waals surface area contributed by atoms with Gasteiger partial charge in [0.2, 0.25) is 0 Å². The Bertz CT molecular complexity index is 742. The van der Waals surface area contributed by atoms with E-state index >= 15 is 0 Å². The first kappa shape index (κ1) is 14.5. The molecule has 1 atom stereocenters. The average Bonchev–Trinajstić information content (AvgIpc) is 2.98. The normalized spacial score (nSPS) is 19.1. The number of benzene rings is 1. The van der Waals surface area contributed by atoms with E-state index in [1.807, 2.05) is 6.92 Å². The topological polar surface area (TPSA) is 47.0 Å². The van der Waals surface area contributed by atoms with Crippen molar-refractivity contribution in [1.82, 2.24) is 9.97 Å². The van der Waals surface area contributed by atoms with Crippen LogP contribution in [0.25, 0.3) is 0 Å². The Kier molecular flexibility index (Phi) is 3.68. The zero-order valence-corrected chi connectivity index (χ0v) is 13.9. The van der Waals surface area contributed by atoms with Gasteiger partial charge in [-0.15, -0.1) is 0 Å². The van der Waals surface area contributed by atoms with Gasteiger partial charge in [0.05, 0.1) is 13.2 Å². The van der Waals surface area contributed by atoms with E-state index in [1.165, 1.54) is 35.2 Å². The zero-order chi connectivity index (χ0) is 15.8. The molecule has 0 saturated heterocycles. The van der Waals surface area contributed by atoms with Crippen LogP contribution in [0.2, 0.25) is 0 Å². The Morgan fingerprint density at radius 2 is 1.96 bits per heavy atom. The molecule has 2 aliphatic rings. The van der Waals surface area contributed by atoms with E-state index in [0.29, 0.717) is 6.04 Å². The van der Waals surface area contributed by atoms with Gasteiger partial charge in [-0.25, -0.2) is 9.97 Å². The van der Waals surface area contributed by atoms with Crippen molar-refractivity contribution >= 4 is 5.82 Å². The number of ether oxygens (including phenoxy) is 1. The van der Waals surface area contributed by atoms with Crippen molar-refractivity contribution in [3.8, 4) is 5.75 Å². The minimum absolute atomic E-state index is 0.320. The van der Waals surface area contributed by atoms with Gasteiger partial charge >= 0.3 is 0 Å². The molecule has 0 fully saturated rings. The highest BCUT2D eigenvalue weighted by Crippen LogP contribution is 2.39. The second-order valence-electron chi connectivity index (χ2n) is 6.52. The van der Waals surface area contributed by atoms with Crippen LogP contribution >= 0.6 is 0 Å². The third-order valence-corrected chi connectivity index (χ3v) is 5.05. The van der Waals surface area contributed by atoms with Crippen molar-refractivity contribution in [3.63, 3.8) is 0 Å². The molecule has 1 aromatic carbocycles. The second-order valence-corrected chi connectivity index (χ2v) is 6.52. The Balaban J connectivity index is 1.67. The number of aryl methyl sites for hydroxylation is 2. The molecule has 120 valence electrons. The summed E-state index contributed by atoms with van der Waals surface area (Å²) in [5.41, 5.74) is 5.27. The van der Waals surface area contributed by atoms with Gasteiger partial charge in [0, 0.05) is 11.3 Å². The molecule has 1 aromatic heterocycles. The standard InChI is InChI=1S/C19H23N3O/c1-12-20-16-8-4-3-6-15(16)19(21-12)22-17-11-10-14-13(17)7-5-9-18(14)23-2/h5,7,9,17H,3-4,6,8,10-11H2,1-2H3,(H,20,21,22). The fourth-order valence-corrected chi connectivity index (χ4v) is 3.96. The zero-order valence-electron chi connectivity index (χ0n) is 13.9. The van der Waals surface area contributed by atoms with Crippen LogP contribution in [0.5, 0.6) is 5.75 Å². The van der Waals surface area contributed by atoms with Gasteiger partial charge in [-0.2, -0.15) is 0 Å². The van der Waals surface area contributed by atoms with Crippen molar-refractivity contribution in [2.75, 3.05) is 12.4 Å². The lowest BCUT2D eigenvalue weighted by Crippen LogP contribution is -2.16. The van der Waals surface area contributed by atoms with Gasteiger partial charge in [-0.05, 0) is 62.6 Å². The molecule has 1 heterocycles. The van der Waals surface area contributed by atoms with E-state index in [0.717, 1.165) is 43.1 Å². The number of anilines is 1. The maximum Gasteiger partial charge on any atom is 0.133 e. The fourth-order valence-electron chi connectivity index (χ4n) is 3.96. The first-order chi connectivity index (χ1) is 11.3. The maximum atomic E-state index is 5.51. The molecule has 2 aliphatic carbocycles. The van der Waals surface area contributed by atoms with Gasteiger partial charge in [0.1, 0.15) is 17.4 Å². The summed E-state index contributed by atoms with van der Waals surface area (Å²) in [5.74, 6) is 2.93. The number of rotatable bonds is 3. The second kappa shape index (κ2) is 5.84. The molecule has 1 unspecified atom stereocenters. The van der Waals surface area contributed by atoms with Crippen LogP contribution in [-0.4, -0.2) is 17.1 Å². The lowest BCUT2D eigenvalue weighted by atomic mass is 9.96. The number of methoxy groups -OCH3 is 1. The number of nitrogens with zero attached hydrogens (tertiary/aromatic N) is 2. The van der Waals surface area contributed by atoms with Crippen LogP contribution in [0.4, 0.5) is 5.82 Å². The number of hydrogen-bond donors (Lipinski definition) is 1. The Labute approximate surface area is 137 Å². The third-order valence-electron chi connectivity index (χ3n) is 5.05. The number of hydrogen-bond acceptors (Lipinski definition) is 4. The number of aromatic nitrogens is 2. The summed E-state index contributed by atoms with van der Waals surface area (Å²) in [6, 6.07) is 6.67. The molecular formula is C19H23N3O. The first-order valence-electron chi connectivity index (χ1n) is 8.55. The summed E-state index contributed by atoms with van der Waals surface area (Å²) in [6.45, 7) is 1.99. The maximum absolute atomic E-state index is 5.51. The summed E-state index contributed by atoms with van der Waals surface area (Å²) in [4.78, 5) is 9.36. The molecule has 0 radical (unpaired) electrons. The molecule has 0 bridgehead atoms.